The summed E-state index contributed by atoms with van der Waals surface area (Å²) >= 11 is 0. The second kappa shape index (κ2) is 4.01. The molecule has 1 aromatic rings. The summed E-state index contributed by atoms with van der Waals surface area (Å²) in [4.78, 5) is 2.49. The van der Waals surface area contributed by atoms with Crippen LogP contribution in [0.3, 0.4) is 0 Å². The highest BCUT2D eigenvalue weighted by atomic mass is 15.1. The maximum Gasteiger partial charge on any atom is 0.0407 e. The Kier molecular flexibility index (Phi) is 2.32. The van der Waals surface area contributed by atoms with Crippen molar-refractivity contribution in [2.75, 3.05) is 6.54 Å². The van der Waals surface area contributed by atoms with Crippen LogP contribution in [-0.4, -0.2) is 11.4 Å². The molecule has 1 aromatic carbocycles. The van der Waals surface area contributed by atoms with Gasteiger partial charge in [0.1, 0.15) is 0 Å². The van der Waals surface area contributed by atoms with Crippen molar-refractivity contribution in [2.24, 2.45) is 5.92 Å². The van der Waals surface area contributed by atoms with Gasteiger partial charge in [-0.05, 0) is 53.7 Å². The van der Waals surface area contributed by atoms with Crippen molar-refractivity contribution in [2.45, 2.75) is 32.1 Å². The van der Waals surface area contributed by atoms with Gasteiger partial charge in [0, 0.05) is 18.4 Å². The Morgan fingerprint density at radius 3 is 2.83 bits per heavy atom. The number of fused-ring (bicyclic) bond motifs is 3. The molecule has 1 aliphatic carbocycles. The molecule has 1 nitrogen and oxygen atoms in total. The smallest absolute Gasteiger partial charge is 0.0407 e. The van der Waals surface area contributed by atoms with E-state index in [0.29, 0.717) is 0 Å². The summed E-state index contributed by atoms with van der Waals surface area (Å²) in [6.07, 6.45) is 11.7. The average Bonchev–Trinajstić information content (AvgIpc) is 2.45. The van der Waals surface area contributed by atoms with Crippen molar-refractivity contribution in [1.82, 2.24) is 4.90 Å². The first-order chi connectivity index (χ1) is 8.92. The van der Waals surface area contributed by atoms with Crippen LogP contribution in [0.1, 0.15) is 32.1 Å². The largest absolute Gasteiger partial charge is 0.347 e. The maximum absolute atomic E-state index is 2.49. The van der Waals surface area contributed by atoms with Crippen LogP contribution in [0, 0.1) is 5.92 Å². The third kappa shape index (κ3) is 1.53. The minimum atomic E-state index is 0.875. The number of hydrogen-bond acceptors (Lipinski definition) is 1. The quantitative estimate of drug-likeness (QED) is 0.669. The van der Waals surface area contributed by atoms with Gasteiger partial charge >= 0.3 is 0 Å². The SMILES string of the molecule is C1=c2ccccc2=CN2CCC3CCCCC3=C12. The molecule has 0 saturated heterocycles. The Balaban J connectivity index is 1.92. The molecule has 0 spiro atoms. The molecule has 1 fully saturated rings. The van der Waals surface area contributed by atoms with Crippen LogP contribution in [0.4, 0.5) is 0 Å². The first kappa shape index (κ1) is 10.4. The van der Waals surface area contributed by atoms with Crippen LogP contribution < -0.4 is 10.4 Å². The molecule has 18 heavy (non-hydrogen) atoms. The maximum atomic E-state index is 2.49. The van der Waals surface area contributed by atoms with Crippen molar-refractivity contribution < 1.29 is 0 Å². The summed E-state index contributed by atoms with van der Waals surface area (Å²) in [5.41, 5.74) is 3.25. The lowest BCUT2D eigenvalue weighted by Crippen LogP contribution is -2.38. The molecule has 1 atom stereocenters. The Bertz CT molecular complexity index is 623. The topological polar surface area (TPSA) is 3.24 Å². The Hall–Kier alpha value is -1.50. The van der Waals surface area contributed by atoms with Gasteiger partial charge in [-0.15, -0.1) is 0 Å². The van der Waals surface area contributed by atoms with Crippen molar-refractivity contribution in [1.29, 1.82) is 0 Å². The molecule has 92 valence electrons. The van der Waals surface area contributed by atoms with E-state index in [1.165, 1.54) is 54.8 Å². The zero-order valence-electron chi connectivity index (χ0n) is 10.7. The summed E-state index contributed by atoms with van der Waals surface area (Å²) < 4.78 is 0. The van der Waals surface area contributed by atoms with Crippen LogP contribution >= 0.6 is 0 Å². The molecule has 0 aromatic heterocycles. The van der Waals surface area contributed by atoms with Gasteiger partial charge in [0.2, 0.25) is 0 Å². The standard InChI is InChI=1S/C17H19N/c1-2-7-15-12-18-10-9-13-5-3-4-8-16(13)17(18)11-14(15)6-1/h1-2,6-7,11-13H,3-5,8-10H2. The first-order valence-electron chi connectivity index (χ1n) is 7.20. The van der Waals surface area contributed by atoms with E-state index < -0.39 is 0 Å². The van der Waals surface area contributed by atoms with E-state index in [4.69, 9.17) is 0 Å². The average molecular weight is 237 g/mol. The lowest BCUT2D eigenvalue weighted by atomic mass is 9.78. The Labute approximate surface area is 108 Å². The fourth-order valence-corrected chi connectivity index (χ4v) is 3.72. The van der Waals surface area contributed by atoms with Gasteiger partial charge in [-0.1, -0.05) is 30.7 Å². The van der Waals surface area contributed by atoms with Crippen LogP contribution in [0.5, 0.6) is 0 Å². The van der Waals surface area contributed by atoms with Gasteiger partial charge in [-0.3, -0.25) is 0 Å². The molecule has 0 N–H and O–H groups in total. The predicted molar refractivity (Wildman–Crippen MR) is 74.9 cm³/mol. The highest BCUT2D eigenvalue weighted by Gasteiger charge is 2.28. The lowest BCUT2D eigenvalue weighted by molar-refractivity contribution is 0.337. The molecule has 2 heterocycles. The molecule has 0 amide bonds. The zero-order valence-corrected chi connectivity index (χ0v) is 10.7. The van der Waals surface area contributed by atoms with Gasteiger partial charge in [0.15, 0.2) is 0 Å². The van der Waals surface area contributed by atoms with E-state index >= 15 is 0 Å². The molecular formula is C17H19N. The molecule has 3 aliphatic rings. The zero-order chi connectivity index (χ0) is 11.9. The summed E-state index contributed by atoms with van der Waals surface area (Å²) in [7, 11) is 0. The molecular weight excluding hydrogens is 218 g/mol. The normalized spacial score (nSPS) is 25.6. The number of nitrogens with zero attached hydrogens (tertiary/aromatic N) is 1. The predicted octanol–water partition coefficient (Wildman–Crippen LogP) is 2.37. The van der Waals surface area contributed by atoms with Crippen LogP contribution in [-0.2, 0) is 0 Å². The lowest BCUT2D eigenvalue weighted by Gasteiger charge is -2.38. The minimum absolute atomic E-state index is 0.875. The van der Waals surface area contributed by atoms with Crippen molar-refractivity contribution in [3.8, 4) is 0 Å². The summed E-state index contributed by atoms with van der Waals surface area (Å²) in [6, 6.07) is 8.74. The first-order valence-corrected chi connectivity index (χ1v) is 7.20. The molecule has 4 rings (SSSR count). The van der Waals surface area contributed by atoms with E-state index in [0.717, 1.165) is 5.92 Å². The second-order valence-electron chi connectivity index (χ2n) is 5.74. The summed E-state index contributed by atoms with van der Waals surface area (Å²) in [5.74, 6) is 0.875. The van der Waals surface area contributed by atoms with Gasteiger partial charge in [-0.25, -0.2) is 0 Å². The van der Waals surface area contributed by atoms with Crippen LogP contribution in [0.15, 0.2) is 35.5 Å². The minimum Gasteiger partial charge on any atom is -0.347 e. The fraction of sp³-hybridized carbons (Fsp3) is 0.412. The van der Waals surface area contributed by atoms with Crippen LogP contribution in [0.2, 0.25) is 0 Å². The molecule has 1 saturated carbocycles. The molecule has 0 radical (unpaired) electrons. The Morgan fingerprint density at radius 2 is 1.89 bits per heavy atom. The highest BCUT2D eigenvalue weighted by Crippen LogP contribution is 2.39. The fourth-order valence-electron chi connectivity index (χ4n) is 3.72. The van der Waals surface area contributed by atoms with E-state index in [1.54, 1.807) is 5.57 Å². The van der Waals surface area contributed by atoms with Gasteiger partial charge < -0.3 is 4.90 Å². The number of hydrogen-bond donors (Lipinski definition) is 0. The molecule has 1 heteroatoms. The highest BCUT2D eigenvalue weighted by molar-refractivity contribution is 5.57. The molecule has 0 bridgehead atoms. The number of rotatable bonds is 0. The van der Waals surface area contributed by atoms with E-state index in [9.17, 15) is 0 Å². The number of allylic oxidation sites excluding steroid dienone is 2. The van der Waals surface area contributed by atoms with Crippen molar-refractivity contribution >= 4 is 12.3 Å². The molecule has 1 unspecified atom stereocenters. The monoisotopic (exact) mass is 237 g/mol. The third-order valence-electron chi connectivity index (χ3n) is 4.68. The van der Waals surface area contributed by atoms with Gasteiger partial charge in [-0.2, -0.15) is 0 Å². The molecule has 2 aliphatic heterocycles. The van der Waals surface area contributed by atoms with E-state index in [1.807, 2.05) is 0 Å². The van der Waals surface area contributed by atoms with E-state index in [-0.39, 0.29) is 0 Å². The van der Waals surface area contributed by atoms with Gasteiger partial charge in [0.05, 0.1) is 0 Å². The number of benzene rings is 1. The second-order valence-corrected chi connectivity index (χ2v) is 5.74. The summed E-state index contributed by atoms with van der Waals surface area (Å²) in [5, 5.41) is 2.76. The summed E-state index contributed by atoms with van der Waals surface area (Å²) in [6.45, 7) is 1.20. The van der Waals surface area contributed by atoms with Crippen LogP contribution in [0.25, 0.3) is 12.3 Å². The van der Waals surface area contributed by atoms with Crippen molar-refractivity contribution in [3.63, 3.8) is 0 Å². The van der Waals surface area contributed by atoms with Gasteiger partial charge in [0.25, 0.3) is 0 Å². The third-order valence-corrected chi connectivity index (χ3v) is 4.68. The van der Waals surface area contributed by atoms with E-state index in [2.05, 4.69) is 41.4 Å². The van der Waals surface area contributed by atoms with Crippen molar-refractivity contribution in [3.05, 3.63) is 46.0 Å². The Morgan fingerprint density at radius 1 is 1.00 bits per heavy atom.